The number of hydrogen-bond donors (Lipinski definition) is 1. The van der Waals surface area contributed by atoms with Gasteiger partial charge in [0.2, 0.25) is 0 Å². The number of anilines is 1. The van der Waals surface area contributed by atoms with Crippen molar-refractivity contribution in [2.24, 2.45) is 0 Å². The number of unbranched alkanes of at least 4 members (excludes halogenated alkanes) is 1. The fourth-order valence-electron chi connectivity index (χ4n) is 1.73. The molecule has 1 rings (SSSR count). The first-order valence-electron chi connectivity index (χ1n) is 6.06. The maximum atomic E-state index is 6.09. The molecule has 0 aliphatic carbocycles. The van der Waals surface area contributed by atoms with Crippen molar-refractivity contribution in [3.63, 3.8) is 0 Å². The summed E-state index contributed by atoms with van der Waals surface area (Å²) in [5.74, 6) is 0. The zero-order chi connectivity index (χ0) is 12.0. The van der Waals surface area contributed by atoms with E-state index in [9.17, 15) is 0 Å². The molecule has 1 heterocycles. The van der Waals surface area contributed by atoms with Gasteiger partial charge < -0.3 is 5.32 Å². The third kappa shape index (κ3) is 3.67. The highest BCUT2D eigenvalue weighted by Gasteiger charge is 2.10. The van der Waals surface area contributed by atoms with Gasteiger partial charge in [0, 0.05) is 12.2 Å². The molecule has 2 nitrogen and oxygen atoms in total. The lowest BCUT2D eigenvalue weighted by Crippen LogP contribution is -2.19. The smallest absolute Gasteiger partial charge is 0.152 e. The van der Waals surface area contributed by atoms with E-state index >= 15 is 0 Å². The maximum Gasteiger partial charge on any atom is 0.152 e. The number of aromatic nitrogens is 1. The summed E-state index contributed by atoms with van der Waals surface area (Å²) in [5.41, 5.74) is 2.15. The molecule has 1 atom stereocenters. The van der Waals surface area contributed by atoms with Crippen LogP contribution in [0.3, 0.4) is 0 Å². The van der Waals surface area contributed by atoms with Gasteiger partial charge in [-0.15, -0.1) is 0 Å². The summed E-state index contributed by atoms with van der Waals surface area (Å²) in [6.45, 7) is 6.48. The summed E-state index contributed by atoms with van der Waals surface area (Å²) in [7, 11) is 0. The van der Waals surface area contributed by atoms with Crippen LogP contribution in [0, 0.1) is 6.92 Å². The third-order valence-electron chi connectivity index (χ3n) is 2.86. The van der Waals surface area contributed by atoms with Crippen LogP contribution in [0.2, 0.25) is 5.15 Å². The molecule has 3 heteroatoms. The summed E-state index contributed by atoms with van der Waals surface area (Å²) < 4.78 is 0. The molecule has 0 saturated heterocycles. The minimum atomic E-state index is 0.500. The number of hydrogen-bond acceptors (Lipinski definition) is 2. The average molecular weight is 241 g/mol. The van der Waals surface area contributed by atoms with Crippen molar-refractivity contribution in [3.05, 3.63) is 23.0 Å². The molecule has 0 bridgehead atoms. The minimum Gasteiger partial charge on any atom is -0.380 e. The van der Waals surface area contributed by atoms with E-state index in [1.165, 1.54) is 19.3 Å². The van der Waals surface area contributed by atoms with Gasteiger partial charge in [-0.2, -0.15) is 0 Å². The lowest BCUT2D eigenvalue weighted by Gasteiger charge is -2.19. The van der Waals surface area contributed by atoms with Crippen molar-refractivity contribution in [1.82, 2.24) is 4.98 Å². The number of pyridine rings is 1. The first kappa shape index (κ1) is 13.3. The second kappa shape index (κ2) is 6.74. The summed E-state index contributed by atoms with van der Waals surface area (Å²) in [5, 5.41) is 4.08. The third-order valence-corrected chi connectivity index (χ3v) is 3.15. The Kier molecular flexibility index (Phi) is 5.61. The summed E-state index contributed by atoms with van der Waals surface area (Å²) >= 11 is 6.09. The van der Waals surface area contributed by atoms with Crippen LogP contribution in [0.1, 0.15) is 45.1 Å². The molecule has 0 spiro atoms. The highest BCUT2D eigenvalue weighted by Crippen LogP contribution is 2.25. The SMILES string of the molecule is CCCCC(CC)Nc1c(C)ccnc1Cl. The Bertz CT molecular complexity index is 305. The first-order valence-corrected chi connectivity index (χ1v) is 6.44. The Balaban J connectivity index is 2.69. The lowest BCUT2D eigenvalue weighted by atomic mass is 10.1. The van der Waals surface area contributed by atoms with Crippen molar-refractivity contribution in [1.29, 1.82) is 0 Å². The normalized spacial score (nSPS) is 12.5. The molecular formula is C13H21ClN2. The van der Waals surface area contributed by atoms with Crippen LogP contribution in [-0.2, 0) is 0 Å². The largest absolute Gasteiger partial charge is 0.380 e. The van der Waals surface area contributed by atoms with Gasteiger partial charge in [0.05, 0.1) is 5.69 Å². The van der Waals surface area contributed by atoms with Crippen molar-refractivity contribution >= 4 is 17.3 Å². The monoisotopic (exact) mass is 240 g/mol. The summed E-state index contributed by atoms with van der Waals surface area (Å²) in [4.78, 5) is 4.11. The van der Waals surface area contributed by atoms with Gasteiger partial charge in [-0.1, -0.05) is 38.3 Å². The molecule has 0 aliphatic rings. The molecule has 1 N–H and O–H groups in total. The number of halogens is 1. The van der Waals surface area contributed by atoms with E-state index in [1.54, 1.807) is 6.20 Å². The van der Waals surface area contributed by atoms with Crippen LogP contribution in [-0.4, -0.2) is 11.0 Å². The van der Waals surface area contributed by atoms with Crippen molar-refractivity contribution in [3.8, 4) is 0 Å². The fourth-order valence-corrected chi connectivity index (χ4v) is 1.99. The second-order valence-corrected chi connectivity index (χ2v) is 4.54. The van der Waals surface area contributed by atoms with E-state index in [0.717, 1.165) is 17.7 Å². The Labute approximate surface area is 103 Å². The molecule has 0 aromatic carbocycles. The molecule has 90 valence electrons. The van der Waals surface area contributed by atoms with Gasteiger partial charge in [0.25, 0.3) is 0 Å². The summed E-state index contributed by atoms with van der Waals surface area (Å²) in [6.07, 6.45) is 6.54. The van der Waals surface area contributed by atoms with E-state index in [4.69, 9.17) is 11.6 Å². The quantitative estimate of drug-likeness (QED) is 0.745. The molecule has 0 saturated carbocycles. The molecule has 0 amide bonds. The van der Waals surface area contributed by atoms with Gasteiger partial charge in [-0.05, 0) is 31.4 Å². The lowest BCUT2D eigenvalue weighted by molar-refractivity contribution is 0.593. The molecule has 16 heavy (non-hydrogen) atoms. The topological polar surface area (TPSA) is 24.9 Å². The minimum absolute atomic E-state index is 0.500. The predicted molar refractivity (Wildman–Crippen MR) is 71.2 cm³/mol. The Morgan fingerprint density at radius 2 is 2.19 bits per heavy atom. The first-order chi connectivity index (χ1) is 7.69. The zero-order valence-electron chi connectivity index (χ0n) is 10.4. The molecule has 1 aromatic rings. The molecule has 1 aromatic heterocycles. The van der Waals surface area contributed by atoms with Gasteiger partial charge >= 0.3 is 0 Å². The van der Waals surface area contributed by atoms with E-state index in [-0.39, 0.29) is 0 Å². The number of nitrogens with zero attached hydrogens (tertiary/aromatic N) is 1. The summed E-state index contributed by atoms with van der Waals surface area (Å²) in [6, 6.07) is 2.49. The van der Waals surface area contributed by atoms with Gasteiger partial charge in [-0.25, -0.2) is 4.98 Å². The Hall–Kier alpha value is -0.760. The van der Waals surface area contributed by atoms with E-state index < -0.39 is 0 Å². The Morgan fingerprint density at radius 3 is 2.75 bits per heavy atom. The van der Waals surface area contributed by atoms with Gasteiger partial charge in [0.15, 0.2) is 5.15 Å². The van der Waals surface area contributed by atoms with E-state index in [2.05, 4.69) is 31.1 Å². The maximum absolute atomic E-state index is 6.09. The molecule has 1 unspecified atom stereocenters. The van der Waals surface area contributed by atoms with Crippen LogP contribution < -0.4 is 5.32 Å². The van der Waals surface area contributed by atoms with Gasteiger partial charge in [-0.3, -0.25) is 0 Å². The number of rotatable bonds is 6. The van der Waals surface area contributed by atoms with Crippen LogP contribution in [0.25, 0.3) is 0 Å². The van der Waals surface area contributed by atoms with E-state index in [1.807, 2.05) is 6.07 Å². The molecule has 0 radical (unpaired) electrons. The molecule has 0 aliphatic heterocycles. The highest BCUT2D eigenvalue weighted by molar-refractivity contribution is 6.32. The van der Waals surface area contributed by atoms with Crippen molar-refractivity contribution in [2.45, 2.75) is 52.5 Å². The van der Waals surface area contributed by atoms with Crippen LogP contribution >= 0.6 is 11.6 Å². The van der Waals surface area contributed by atoms with Crippen LogP contribution in [0.5, 0.6) is 0 Å². The van der Waals surface area contributed by atoms with E-state index in [0.29, 0.717) is 11.2 Å². The molecular weight excluding hydrogens is 220 g/mol. The standard InChI is InChI=1S/C13H21ClN2/c1-4-6-7-11(5-2)16-12-10(3)8-9-15-13(12)14/h8-9,11,16H,4-7H2,1-3H3. The highest BCUT2D eigenvalue weighted by atomic mass is 35.5. The zero-order valence-corrected chi connectivity index (χ0v) is 11.1. The fraction of sp³-hybridized carbons (Fsp3) is 0.615. The molecule has 0 fully saturated rings. The van der Waals surface area contributed by atoms with Crippen molar-refractivity contribution < 1.29 is 0 Å². The van der Waals surface area contributed by atoms with Crippen LogP contribution in [0.4, 0.5) is 5.69 Å². The number of nitrogens with one attached hydrogen (secondary N) is 1. The van der Waals surface area contributed by atoms with Crippen molar-refractivity contribution in [2.75, 3.05) is 5.32 Å². The average Bonchev–Trinajstić information content (AvgIpc) is 2.28. The van der Waals surface area contributed by atoms with Gasteiger partial charge in [0.1, 0.15) is 0 Å². The second-order valence-electron chi connectivity index (χ2n) is 4.19. The predicted octanol–water partition coefficient (Wildman–Crippen LogP) is 4.42. The van der Waals surface area contributed by atoms with Crippen LogP contribution in [0.15, 0.2) is 12.3 Å². The number of aryl methyl sites for hydroxylation is 1. The Morgan fingerprint density at radius 1 is 1.44 bits per heavy atom.